The zero-order valence-corrected chi connectivity index (χ0v) is 7.70. The molecule has 0 aliphatic carbocycles. The molecule has 4 nitrogen and oxygen atoms in total. The zero-order chi connectivity index (χ0) is 10.9. The van der Waals surface area contributed by atoms with Gasteiger partial charge in [0.2, 0.25) is 5.82 Å². The number of carbonyl (C=O) groups is 1. The van der Waals surface area contributed by atoms with Crippen LogP contribution < -0.4 is 0 Å². The van der Waals surface area contributed by atoms with Crippen LogP contribution in [0, 0.1) is 22.9 Å². The summed E-state index contributed by atoms with van der Waals surface area (Å²) in [5.41, 5.74) is -0.407. The van der Waals surface area contributed by atoms with E-state index < -0.39 is 22.2 Å². The molecule has 0 fully saturated rings. The topological polar surface area (TPSA) is 60.2 Å². The van der Waals surface area contributed by atoms with Crippen LogP contribution in [-0.2, 0) is 0 Å². The van der Waals surface area contributed by atoms with Crippen molar-refractivity contribution in [2.45, 2.75) is 13.8 Å². The molecule has 0 spiro atoms. The Hall–Kier alpha value is -1.78. The van der Waals surface area contributed by atoms with Gasteiger partial charge in [-0.2, -0.15) is 4.39 Å². The molecule has 0 aliphatic heterocycles. The van der Waals surface area contributed by atoms with E-state index in [0.717, 1.165) is 6.07 Å². The molecular formula is C9H8FNO3. The number of nitro groups is 1. The van der Waals surface area contributed by atoms with E-state index in [9.17, 15) is 19.3 Å². The van der Waals surface area contributed by atoms with Gasteiger partial charge in [-0.05, 0) is 25.5 Å². The van der Waals surface area contributed by atoms with Crippen molar-refractivity contribution in [2.75, 3.05) is 0 Å². The second kappa shape index (κ2) is 3.53. The molecule has 0 heterocycles. The summed E-state index contributed by atoms with van der Waals surface area (Å²) >= 11 is 0. The number of Topliss-reactive ketones (excluding diaryl/α,β-unsaturated/α-hetero) is 1. The van der Waals surface area contributed by atoms with E-state index >= 15 is 0 Å². The fraction of sp³-hybridized carbons (Fsp3) is 0.222. The van der Waals surface area contributed by atoms with Crippen LogP contribution in [0.2, 0.25) is 0 Å². The molecule has 1 rings (SSSR count). The lowest BCUT2D eigenvalue weighted by Crippen LogP contribution is -2.02. The van der Waals surface area contributed by atoms with E-state index in [1.807, 2.05) is 0 Å². The number of nitrogens with zero attached hydrogens (tertiary/aromatic N) is 1. The molecule has 0 aliphatic rings. The van der Waals surface area contributed by atoms with E-state index in [2.05, 4.69) is 0 Å². The standard InChI is InChI=1S/C9H8FNO3/c1-5-3-7(6(2)12)9(10)8(4-5)11(13)14/h3-4H,1-2H3. The molecule has 0 amide bonds. The Labute approximate surface area is 79.5 Å². The van der Waals surface area contributed by atoms with Crippen LogP contribution in [0.4, 0.5) is 10.1 Å². The number of benzene rings is 1. The average molecular weight is 197 g/mol. The third-order valence-electron chi connectivity index (χ3n) is 1.77. The van der Waals surface area contributed by atoms with Crippen molar-refractivity contribution in [1.82, 2.24) is 0 Å². The minimum atomic E-state index is -1.06. The maximum atomic E-state index is 13.3. The van der Waals surface area contributed by atoms with Crippen LogP contribution in [0.5, 0.6) is 0 Å². The van der Waals surface area contributed by atoms with Crippen LogP contribution in [0.1, 0.15) is 22.8 Å². The van der Waals surface area contributed by atoms with Crippen LogP contribution in [0.3, 0.4) is 0 Å². The van der Waals surface area contributed by atoms with Crippen molar-refractivity contribution >= 4 is 11.5 Å². The summed E-state index contributed by atoms with van der Waals surface area (Å²) in [6, 6.07) is 2.40. The van der Waals surface area contributed by atoms with E-state index in [1.54, 1.807) is 6.92 Å². The van der Waals surface area contributed by atoms with Crippen molar-refractivity contribution < 1.29 is 14.1 Å². The Kier molecular flexibility index (Phi) is 2.60. The summed E-state index contributed by atoms with van der Waals surface area (Å²) in [6.07, 6.45) is 0. The first-order chi connectivity index (χ1) is 6.43. The third-order valence-corrected chi connectivity index (χ3v) is 1.77. The number of hydrogen-bond donors (Lipinski definition) is 0. The fourth-order valence-corrected chi connectivity index (χ4v) is 1.14. The van der Waals surface area contributed by atoms with Gasteiger partial charge < -0.3 is 0 Å². The SMILES string of the molecule is CC(=O)c1cc(C)cc([N+](=O)[O-])c1F. The first kappa shape index (κ1) is 10.3. The lowest BCUT2D eigenvalue weighted by molar-refractivity contribution is -0.387. The number of rotatable bonds is 2. The van der Waals surface area contributed by atoms with Crippen molar-refractivity contribution in [2.24, 2.45) is 0 Å². The van der Waals surface area contributed by atoms with Gasteiger partial charge in [0.15, 0.2) is 5.78 Å². The highest BCUT2D eigenvalue weighted by Crippen LogP contribution is 2.22. The van der Waals surface area contributed by atoms with E-state index in [0.29, 0.717) is 5.56 Å². The number of nitro benzene ring substituents is 1. The highest BCUT2D eigenvalue weighted by atomic mass is 19.1. The number of carbonyl (C=O) groups excluding carboxylic acids is 1. The van der Waals surface area contributed by atoms with Crippen molar-refractivity contribution in [3.8, 4) is 0 Å². The van der Waals surface area contributed by atoms with Gasteiger partial charge in [-0.15, -0.1) is 0 Å². The third kappa shape index (κ3) is 1.76. The van der Waals surface area contributed by atoms with Gasteiger partial charge in [0.1, 0.15) is 0 Å². The molecule has 0 aromatic heterocycles. The number of ketones is 1. The molecular weight excluding hydrogens is 189 g/mol. The molecule has 5 heteroatoms. The van der Waals surface area contributed by atoms with Gasteiger partial charge in [0.05, 0.1) is 10.5 Å². The molecule has 0 radical (unpaired) electrons. The summed E-state index contributed by atoms with van der Waals surface area (Å²) in [7, 11) is 0. The number of halogens is 1. The lowest BCUT2D eigenvalue weighted by atomic mass is 10.1. The smallest absolute Gasteiger partial charge is 0.294 e. The number of aryl methyl sites for hydroxylation is 1. The monoisotopic (exact) mass is 197 g/mol. The maximum absolute atomic E-state index is 13.3. The lowest BCUT2D eigenvalue weighted by Gasteiger charge is -2.01. The predicted molar refractivity (Wildman–Crippen MR) is 47.8 cm³/mol. The summed E-state index contributed by atoms with van der Waals surface area (Å²) in [4.78, 5) is 20.5. The largest absolute Gasteiger partial charge is 0.305 e. The molecule has 0 N–H and O–H groups in total. The summed E-state index contributed by atoms with van der Waals surface area (Å²) in [6.45, 7) is 2.74. The van der Waals surface area contributed by atoms with Gasteiger partial charge in [-0.25, -0.2) is 0 Å². The maximum Gasteiger partial charge on any atom is 0.305 e. The fourth-order valence-electron chi connectivity index (χ4n) is 1.14. The second-order valence-corrected chi connectivity index (χ2v) is 2.96. The van der Waals surface area contributed by atoms with Crippen molar-refractivity contribution in [1.29, 1.82) is 0 Å². The zero-order valence-electron chi connectivity index (χ0n) is 7.70. The predicted octanol–water partition coefficient (Wildman–Crippen LogP) is 2.24. The Morgan fingerprint density at radius 2 is 2.07 bits per heavy atom. The summed E-state index contributed by atoms with van der Waals surface area (Å²) in [5, 5.41) is 10.4. The van der Waals surface area contributed by atoms with Crippen molar-refractivity contribution in [3.05, 3.63) is 39.2 Å². The highest BCUT2D eigenvalue weighted by molar-refractivity contribution is 5.95. The minimum Gasteiger partial charge on any atom is -0.294 e. The van der Waals surface area contributed by atoms with E-state index in [4.69, 9.17) is 0 Å². The van der Waals surface area contributed by atoms with Crippen molar-refractivity contribution in [3.63, 3.8) is 0 Å². The van der Waals surface area contributed by atoms with Crippen LogP contribution in [0.25, 0.3) is 0 Å². The molecule has 0 bridgehead atoms. The Bertz CT molecular complexity index is 380. The van der Waals surface area contributed by atoms with Gasteiger partial charge >= 0.3 is 5.69 Å². The quantitative estimate of drug-likeness (QED) is 0.415. The van der Waals surface area contributed by atoms with Gasteiger partial charge in [0.25, 0.3) is 0 Å². The molecule has 0 unspecified atom stereocenters. The van der Waals surface area contributed by atoms with Crippen LogP contribution >= 0.6 is 0 Å². The van der Waals surface area contributed by atoms with E-state index in [1.165, 1.54) is 13.0 Å². The first-order valence-corrected chi connectivity index (χ1v) is 3.89. The van der Waals surface area contributed by atoms with Gasteiger partial charge in [-0.3, -0.25) is 14.9 Å². The second-order valence-electron chi connectivity index (χ2n) is 2.96. The van der Waals surface area contributed by atoms with E-state index in [-0.39, 0.29) is 5.56 Å². The molecule has 74 valence electrons. The Morgan fingerprint density at radius 3 is 2.50 bits per heavy atom. The molecule has 0 atom stereocenters. The highest BCUT2D eigenvalue weighted by Gasteiger charge is 2.20. The Morgan fingerprint density at radius 1 is 1.50 bits per heavy atom. The average Bonchev–Trinajstić information content (AvgIpc) is 2.07. The normalized spacial score (nSPS) is 9.93. The number of hydrogen-bond acceptors (Lipinski definition) is 3. The van der Waals surface area contributed by atoms with Crippen LogP contribution in [0.15, 0.2) is 12.1 Å². The van der Waals surface area contributed by atoms with Crippen LogP contribution in [-0.4, -0.2) is 10.7 Å². The molecule has 14 heavy (non-hydrogen) atoms. The molecule has 1 aromatic rings. The minimum absolute atomic E-state index is 0.239. The summed E-state index contributed by atoms with van der Waals surface area (Å²) < 4.78 is 13.3. The van der Waals surface area contributed by atoms with Gasteiger partial charge in [0, 0.05) is 6.07 Å². The Balaban J connectivity index is 3.47. The molecule has 1 aromatic carbocycles. The van der Waals surface area contributed by atoms with Gasteiger partial charge in [-0.1, -0.05) is 0 Å². The summed E-state index contributed by atoms with van der Waals surface area (Å²) in [5.74, 6) is -1.58. The first-order valence-electron chi connectivity index (χ1n) is 3.89. The molecule has 0 saturated carbocycles. The molecule has 0 saturated heterocycles.